The van der Waals surface area contributed by atoms with Gasteiger partial charge in [-0.1, -0.05) is 0 Å². The number of nitrogen functional groups attached to an aromatic ring is 1. The normalized spacial score (nSPS) is 31.8. The Balaban J connectivity index is 1.46. The van der Waals surface area contributed by atoms with Crippen LogP contribution in [0.25, 0.3) is 0 Å². The highest BCUT2D eigenvalue weighted by molar-refractivity contribution is 8.07. The Morgan fingerprint density at radius 3 is 2.71 bits per heavy atom. The quantitative estimate of drug-likeness (QED) is 0.121. The third-order valence-corrected chi connectivity index (χ3v) is 7.52. The van der Waals surface area contributed by atoms with Gasteiger partial charge in [-0.2, -0.15) is 4.98 Å². The highest BCUT2D eigenvalue weighted by Crippen LogP contribution is 2.53. The smallest absolute Gasteiger partial charge is 0.351 e. The predicted molar refractivity (Wildman–Crippen MR) is 129 cm³/mol. The number of aromatic nitrogens is 4. The first-order valence-electron chi connectivity index (χ1n) is 11.1. The van der Waals surface area contributed by atoms with Gasteiger partial charge in [-0.25, -0.2) is 9.59 Å². The van der Waals surface area contributed by atoms with Crippen LogP contribution in [0, 0.1) is 6.92 Å². The van der Waals surface area contributed by atoms with Crippen molar-refractivity contribution >= 4 is 24.3 Å². The lowest BCUT2D eigenvalue weighted by atomic mass is 10.1. The minimum atomic E-state index is -4.53. The summed E-state index contributed by atoms with van der Waals surface area (Å²) in [4.78, 5) is 52.1. The van der Waals surface area contributed by atoms with E-state index in [1.54, 1.807) is 0 Å². The maximum Gasteiger partial charge on any atom is 0.351 e. The summed E-state index contributed by atoms with van der Waals surface area (Å²) < 4.78 is 23.2. The molecule has 0 amide bonds. The first-order chi connectivity index (χ1) is 17.7. The zero-order valence-electron chi connectivity index (χ0n) is 19.7. The number of rotatable bonds is 8. The van der Waals surface area contributed by atoms with E-state index in [1.807, 2.05) is 0 Å². The van der Waals surface area contributed by atoms with Crippen molar-refractivity contribution in [3.8, 4) is 0 Å². The van der Waals surface area contributed by atoms with Crippen LogP contribution < -0.4 is 22.7 Å². The molecule has 210 valence electrons. The minimum Gasteiger partial charge on any atom is -0.393 e. The van der Waals surface area contributed by atoms with Crippen LogP contribution in [0.15, 0.2) is 32.8 Å². The average Bonchev–Trinajstić information content (AvgIpc) is 3.34. The summed E-state index contributed by atoms with van der Waals surface area (Å²) >= 11 is 4.91. The second-order valence-corrected chi connectivity index (χ2v) is 11.5. The van der Waals surface area contributed by atoms with Crippen molar-refractivity contribution in [3.05, 3.63) is 55.3 Å². The second-order valence-electron chi connectivity index (χ2n) is 8.75. The van der Waals surface area contributed by atoms with Crippen LogP contribution in [0.3, 0.4) is 0 Å². The molecule has 2 saturated heterocycles. The first kappa shape index (κ1) is 28.7. The Morgan fingerprint density at radius 2 is 2.05 bits per heavy atom. The van der Waals surface area contributed by atoms with E-state index in [4.69, 9.17) is 36.1 Å². The van der Waals surface area contributed by atoms with Crippen molar-refractivity contribution in [3.63, 3.8) is 0 Å². The topological polar surface area (TPSA) is 254 Å². The number of aryl methyl sites for hydroxylation is 1. The number of nitrogens with two attached hydrogens (primary N) is 1. The lowest BCUT2D eigenvalue weighted by molar-refractivity contribution is -0.203. The summed E-state index contributed by atoms with van der Waals surface area (Å²) in [6.45, 7) is -3.90. The third kappa shape index (κ3) is 5.80. The molecule has 38 heavy (non-hydrogen) atoms. The van der Waals surface area contributed by atoms with Gasteiger partial charge in [0.1, 0.15) is 30.5 Å². The molecular weight excluding hydrogens is 553 g/mol. The monoisotopic (exact) mass is 579 g/mol. The predicted octanol–water partition coefficient (Wildman–Crippen LogP) is -3.13. The van der Waals surface area contributed by atoms with Gasteiger partial charge in [0.05, 0.1) is 19.1 Å². The highest BCUT2D eigenvalue weighted by atomic mass is 32.5. The lowest BCUT2D eigenvalue weighted by Crippen LogP contribution is -2.43. The number of aliphatic hydroxyl groups is 4. The number of nitrogens with zero attached hydrogens (tertiary/aromatic N) is 3. The van der Waals surface area contributed by atoms with E-state index in [2.05, 4.69) is 9.97 Å². The molecule has 2 fully saturated rings. The van der Waals surface area contributed by atoms with Gasteiger partial charge < -0.3 is 40.5 Å². The minimum absolute atomic E-state index is 0.0539. The molecule has 8 atom stereocenters. The van der Waals surface area contributed by atoms with E-state index >= 15 is 0 Å². The fourth-order valence-electron chi connectivity index (χ4n) is 4.14. The second kappa shape index (κ2) is 10.7. The number of nitrogens with one attached hydrogen (secondary N) is 1. The van der Waals surface area contributed by atoms with Gasteiger partial charge in [0, 0.05) is 24.4 Å². The molecule has 4 rings (SSSR count). The SMILES string of the molecule is Cc1cn([C@H]2C[C@H](O)[C@@H](C(O)OP(O)(=S)O[C@@]3(O)C[C@H](n4ccc(N)nc4=O)O[C@@H]3CO)O2)c(=O)[nH]c1=O. The van der Waals surface area contributed by atoms with Crippen molar-refractivity contribution in [1.29, 1.82) is 0 Å². The molecule has 2 unspecified atom stereocenters. The van der Waals surface area contributed by atoms with Crippen LogP contribution >= 0.6 is 6.72 Å². The summed E-state index contributed by atoms with van der Waals surface area (Å²) in [5.74, 6) is -2.52. The first-order valence-corrected chi connectivity index (χ1v) is 13.7. The summed E-state index contributed by atoms with van der Waals surface area (Å²) in [6, 6.07) is 1.30. The fourth-order valence-corrected chi connectivity index (χ4v) is 5.82. The van der Waals surface area contributed by atoms with Crippen LogP contribution in [0.2, 0.25) is 0 Å². The summed E-state index contributed by atoms with van der Waals surface area (Å²) in [6.07, 6.45) is -7.06. The summed E-state index contributed by atoms with van der Waals surface area (Å²) in [5, 5.41) is 41.5. The van der Waals surface area contributed by atoms with Crippen LogP contribution in [-0.4, -0.2) is 81.4 Å². The van der Waals surface area contributed by atoms with Crippen LogP contribution in [0.5, 0.6) is 0 Å². The molecule has 0 bridgehead atoms. The molecule has 2 aromatic heterocycles. The van der Waals surface area contributed by atoms with Gasteiger partial charge >= 0.3 is 18.1 Å². The van der Waals surface area contributed by atoms with Crippen LogP contribution in [-0.2, 0) is 30.3 Å². The van der Waals surface area contributed by atoms with E-state index in [9.17, 15) is 39.7 Å². The number of hydrogen-bond donors (Lipinski definition) is 7. The van der Waals surface area contributed by atoms with E-state index in [-0.39, 0.29) is 17.8 Å². The number of ether oxygens (including phenoxy) is 2. The Labute approximate surface area is 217 Å². The molecule has 2 aromatic rings. The van der Waals surface area contributed by atoms with Gasteiger partial charge in [0.15, 0.2) is 6.29 Å². The summed E-state index contributed by atoms with van der Waals surface area (Å²) in [7, 11) is 0. The Hall–Kier alpha value is -2.35. The van der Waals surface area contributed by atoms with Crippen LogP contribution in [0.4, 0.5) is 5.82 Å². The number of aliphatic hydroxyl groups excluding tert-OH is 3. The molecule has 0 radical (unpaired) electrons. The lowest BCUT2D eigenvalue weighted by Gasteiger charge is -2.32. The molecule has 2 aliphatic heterocycles. The standard InChI is InChI=1S/C19H26N5O12PS/c1-8-6-24(18(30)22-15(8)27)12-4-9(26)14(34-12)16(28)35-37(32,38)36-19(31)5-13(33-10(19)7-25)23-3-2-11(20)21-17(23)29/h2-3,6,9-10,12-14,16,25-26,28,31H,4-5,7H2,1H3,(H,32,38)(H2,20,21,29)(H,22,27,30)/t9-,10+,12+,13+,14-,16?,19-,37?/m0/s1. The van der Waals surface area contributed by atoms with E-state index in [1.165, 1.54) is 25.4 Å². The highest BCUT2D eigenvalue weighted by Gasteiger charge is 2.53. The Morgan fingerprint density at radius 1 is 1.34 bits per heavy atom. The van der Waals surface area contributed by atoms with Crippen molar-refractivity contribution in [2.75, 3.05) is 12.3 Å². The molecule has 19 heteroatoms. The van der Waals surface area contributed by atoms with Gasteiger partial charge in [-0.15, -0.1) is 0 Å². The fraction of sp³-hybridized carbons (Fsp3) is 0.579. The van der Waals surface area contributed by atoms with Crippen molar-refractivity contribution in [2.45, 2.75) is 62.6 Å². The summed E-state index contributed by atoms with van der Waals surface area (Å²) in [5.41, 5.74) is 3.44. The number of anilines is 1. The van der Waals surface area contributed by atoms with Gasteiger partial charge in [0.25, 0.3) is 5.56 Å². The molecular formula is C19H26N5O12PS. The van der Waals surface area contributed by atoms with Crippen molar-refractivity contribution in [2.24, 2.45) is 0 Å². The average molecular weight is 579 g/mol. The number of aromatic amines is 1. The zero-order valence-corrected chi connectivity index (χ0v) is 21.4. The van der Waals surface area contributed by atoms with Crippen molar-refractivity contribution < 1.29 is 43.8 Å². The molecule has 0 spiro atoms. The van der Waals surface area contributed by atoms with Gasteiger partial charge in [0.2, 0.25) is 5.79 Å². The maximum atomic E-state index is 12.1. The largest absolute Gasteiger partial charge is 0.393 e. The zero-order chi connectivity index (χ0) is 28.0. The Bertz CT molecular complexity index is 1420. The third-order valence-electron chi connectivity index (χ3n) is 6.01. The van der Waals surface area contributed by atoms with Crippen molar-refractivity contribution in [1.82, 2.24) is 19.1 Å². The molecule has 0 aromatic carbocycles. The van der Waals surface area contributed by atoms with Gasteiger partial charge in [-0.3, -0.25) is 28.0 Å². The Kier molecular flexibility index (Phi) is 8.04. The molecule has 0 aliphatic carbocycles. The molecule has 4 heterocycles. The van der Waals surface area contributed by atoms with E-state index in [0.29, 0.717) is 0 Å². The molecule has 17 nitrogen and oxygen atoms in total. The maximum absolute atomic E-state index is 12.1. The number of H-pyrrole nitrogens is 1. The molecule has 0 saturated carbocycles. The number of hydrogen-bond acceptors (Lipinski definition) is 14. The van der Waals surface area contributed by atoms with Gasteiger partial charge in [-0.05, 0) is 24.8 Å². The molecule has 2 aliphatic rings. The molecule has 8 N–H and O–H groups in total. The van der Waals surface area contributed by atoms with E-state index in [0.717, 1.165) is 9.13 Å². The van der Waals surface area contributed by atoms with E-state index < -0.39 is 79.5 Å². The van der Waals surface area contributed by atoms with Crippen LogP contribution in [0.1, 0.15) is 30.9 Å².